The molecule has 0 spiro atoms. The van der Waals surface area contributed by atoms with E-state index in [1.54, 1.807) is 24.1 Å². The molecule has 1 saturated carbocycles. The van der Waals surface area contributed by atoms with Gasteiger partial charge in [0.1, 0.15) is 0 Å². The summed E-state index contributed by atoms with van der Waals surface area (Å²) in [6, 6.07) is 6.10. The van der Waals surface area contributed by atoms with E-state index in [0.29, 0.717) is 12.1 Å². The summed E-state index contributed by atoms with van der Waals surface area (Å²) in [7, 11) is 1.74. The molecule has 0 radical (unpaired) electrons. The summed E-state index contributed by atoms with van der Waals surface area (Å²) in [5, 5.41) is 8.95. The van der Waals surface area contributed by atoms with Crippen molar-refractivity contribution in [2.24, 2.45) is 5.73 Å². The minimum Gasteiger partial charge on any atom is -0.478 e. The molecular weight excluding hydrogens is 244 g/mol. The van der Waals surface area contributed by atoms with Crippen molar-refractivity contribution in [2.75, 3.05) is 13.6 Å². The normalized spacial score (nSPS) is 16.5. The molecule has 102 valence electrons. The van der Waals surface area contributed by atoms with E-state index in [-0.39, 0.29) is 17.0 Å². The number of hydrogen-bond donors (Lipinski definition) is 2. The highest BCUT2D eigenvalue weighted by Gasteiger charge is 2.41. The number of aromatic carboxylic acids is 1. The predicted octanol–water partition coefficient (Wildman–Crippen LogP) is 1.34. The van der Waals surface area contributed by atoms with E-state index in [1.807, 2.05) is 0 Å². The van der Waals surface area contributed by atoms with Gasteiger partial charge in [-0.2, -0.15) is 0 Å². The molecule has 19 heavy (non-hydrogen) atoms. The van der Waals surface area contributed by atoms with Crippen LogP contribution in [0, 0.1) is 0 Å². The number of rotatable bonds is 4. The average Bonchev–Trinajstić information content (AvgIpc) is 2.37. The van der Waals surface area contributed by atoms with Gasteiger partial charge in [0.25, 0.3) is 5.91 Å². The number of carbonyl (C=O) groups excluding carboxylic acids is 1. The van der Waals surface area contributed by atoms with Crippen molar-refractivity contribution < 1.29 is 14.7 Å². The minimum absolute atomic E-state index is 0.120. The summed E-state index contributed by atoms with van der Waals surface area (Å²) >= 11 is 0. The lowest BCUT2D eigenvalue weighted by Gasteiger charge is -2.48. The summed E-state index contributed by atoms with van der Waals surface area (Å²) in [6.45, 7) is 0.438. The Hall–Kier alpha value is -1.88. The lowest BCUT2D eigenvalue weighted by molar-refractivity contribution is 0.0322. The molecule has 2 rings (SSSR count). The molecule has 0 atom stereocenters. The van der Waals surface area contributed by atoms with Crippen LogP contribution in [0.15, 0.2) is 24.3 Å². The maximum atomic E-state index is 12.4. The van der Waals surface area contributed by atoms with Crippen LogP contribution < -0.4 is 5.73 Å². The van der Waals surface area contributed by atoms with Crippen molar-refractivity contribution >= 4 is 11.9 Å². The van der Waals surface area contributed by atoms with E-state index in [0.717, 1.165) is 19.3 Å². The number of amides is 1. The lowest BCUT2D eigenvalue weighted by Crippen LogP contribution is -2.58. The highest BCUT2D eigenvalue weighted by atomic mass is 16.4. The first-order chi connectivity index (χ1) is 9.00. The number of carboxylic acid groups (broad SMARTS) is 1. The Labute approximate surface area is 112 Å². The maximum Gasteiger partial charge on any atom is 0.335 e. The van der Waals surface area contributed by atoms with Gasteiger partial charge in [0.05, 0.1) is 11.1 Å². The van der Waals surface area contributed by atoms with Gasteiger partial charge in [-0.25, -0.2) is 4.79 Å². The largest absolute Gasteiger partial charge is 0.478 e. The molecule has 5 nitrogen and oxygen atoms in total. The minimum atomic E-state index is -1.03. The fourth-order valence-electron chi connectivity index (χ4n) is 2.46. The van der Waals surface area contributed by atoms with Crippen LogP contribution in [-0.4, -0.2) is 41.0 Å². The van der Waals surface area contributed by atoms with Crippen molar-refractivity contribution in [1.29, 1.82) is 0 Å². The van der Waals surface area contributed by atoms with E-state index in [4.69, 9.17) is 10.8 Å². The molecule has 0 aliphatic heterocycles. The zero-order chi connectivity index (χ0) is 14.0. The number of benzene rings is 1. The van der Waals surface area contributed by atoms with Crippen LogP contribution in [0.25, 0.3) is 0 Å². The third kappa shape index (κ3) is 2.33. The Morgan fingerprint density at radius 3 is 2.47 bits per heavy atom. The fraction of sp³-hybridized carbons (Fsp3) is 0.429. The monoisotopic (exact) mass is 262 g/mol. The van der Waals surface area contributed by atoms with E-state index >= 15 is 0 Å². The lowest BCUT2D eigenvalue weighted by atomic mass is 9.75. The molecule has 1 aliphatic rings. The number of likely N-dealkylation sites (N-methyl/N-ethyl adjacent to an activating group) is 1. The SMILES string of the molecule is CN(C(=O)c1cccc(C(=O)O)c1)C1(CN)CCC1. The number of carboxylic acids is 1. The molecule has 1 aromatic rings. The summed E-state index contributed by atoms with van der Waals surface area (Å²) in [6.07, 6.45) is 2.89. The second-order valence-electron chi connectivity index (χ2n) is 5.03. The van der Waals surface area contributed by atoms with Crippen LogP contribution in [0.1, 0.15) is 40.0 Å². The number of nitrogens with zero attached hydrogens (tertiary/aromatic N) is 1. The molecule has 1 aliphatic carbocycles. The Kier molecular flexibility index (Phi) is 3.57. The topological polar surface area (TPSA) is 83.6 Å². The van der Waals surface area contributed by atoms with E-state index in [2.05, 4.69) is 0 Å². The van der Waals surface area contributed by atoms with E-state index in [9.17, 15) is 9.59 Å². The Bertz CT molecular complexity index is 504. The standard InChI is InChI=1S/C14H18N2O3/c1-16(14(9-15)6-3-7-14)12(17)10-4-2-5-11(8-10)13(18)19/h2,4-5,8H,3,6-7,9,15H2,1H3,(H,18,19). The van der Waals surface area contributed by atoms with Crippen molar-refractivity contribution in [3.8, 4) is 0 Å². The molecule has 1 fully saturated rings. The van der Waals surface area contributed by atoms with Crippen LogP contribution in [0.4, 0.5) is 0 Å². The Morgan fingerprint density at radius 1 is 1.37 bits per heavy atom. The van der Waals surface area contributed by atoms with Crippen molar-refractivity contribution in [3.63, 3.8) is 0 Å². The molecule has 3 N–H and O–H groups in total. The second kappa shape index (κ2) is 5.01. The summed E-state index contributed by atoms with van der Waals surface area (Å²) < 4.78 is 0. The predicted molar refractivity (Wildman–Crippen MR) is 71.1 cm³/mol. The van der Waals surface area contributed by atoms with Crippen LogP contribution in [0.5, 0.6) is 0 Å². The molecule has 0 heterocycles. The van der Waals surface area contributed by atoms with Gasteiger partial charge in [-0.1, -0.05) is 6.07 Å². The van der Waals surface area contributed by atoms with Crippen LogP contribution in [-0.2, 0) is 0 Å². The molecular formula is C14H18N2O3. The van der Waals surface area contributed by atoms with Crippen molar-refractivity contribution in [3.05, 3.63) is 35.4 Å². The van der Waals surface area contributed by atoms with E-state index in [1.165, 1.54) is 12.1 Å². The molecule has 5 heteroatoms. The van der Waals surface area contributed by atoms with Gasteiger partial charge in [-0.3, -0.25) is 4.79 Å². The highest BCUT2D eigenvalue weighted by molar-refractivity contribution is 5.97. The molecule has 0 aromatic heterocycles. The first kappa shape index (κ1) is 13.5. The Morgan fingerprint density at radius 2 is 2.00 bits per heavy atom. The number of nitrogens with two attached hydrogens (primary N) is 1. The summed E-state index contributed by atoms with van der Waals surface area (Å²) in [5.41, 5.74) is 6.03. The highest BCUT2D eigenvalue weighted by Crippen LogP contribution is 2.36. The Balaban J connectivity index is 2.24. The second-order valence-corrected chi connectivity index (χ2v) is 5.03. The number of hydrogen-bond acceptors (Lipinski definition) is 3. The first-order valence-electron chi connectivity index (χ1n) is 6.32. The fourth-order valence-corrected chi connectivity index (χ4v) is 2.46. The number of carbonyl (C=O) groups is 2. The summed E-state index contributed by atoms with van der Waals surface area (Å²) in [4.78, 5) is 25.0. The smallest absolute Gasteiger partial charge is 0.335 e. The van der Waals surface area contributed by atoms with Crippen molar-refractivity contribution in [2.45, 2.75) is 24.8 Å². The summed E-state index contributed by atoms with van der Waals surface area (Å²) in [5.74, 6) is -1.21. The van der Waals surface area contributed by atoms with Gasteiger partial charge >= 0.3 is 5.97 Å². The zero-order valence-electron chi connectivity index (χ0n) is 10.9. The van der Waals surface area contributed by atoms with Gasteiger partial charge in [-0.15, -0.1) is 0 Å². The molecule has 0 saturated heterocycles. The van der Waals surface area contributed by atoms with Gasteiger partial charge < -0.3 is 15.7 Å². The van der Waals surface area contributed by atoms with Crippen LogP contribution in [0.2, 0.25) is 0 Å². The molecule has 0 bridgehead atoms. The molecule has 0 unspecified atom stereocenters. The third-order valence-electron chi connectivity index (χ3n) is 4.04. The van der Waals surface area contributed by atoms with Crippen LogP contribution in [0.3, 0.4) is 0 Å². The van der Waals surface area contributed by atoms with Gasteiger partial charge in [0.15, 0.2) is 0 Å². The van der Waals surface area contributed by atoms with Gasteiger partial charge in [0, 0.05) is 19.2 Å². The van der Waals surface area contributed by atoms with Gasteiger partial charge in [0.2, 0.25) is 0 Å². The maximum absolute atomic E-state index is 12.4. The quantitative estimate of drug-likeness (QED) is 0.857. The molecule has 1 amide bonds. The van der Waals surface area contributed by atoms with Gasteiger partial charge in [-0.05, 0) is 37.5 Å². The van der Waals surface area contributed by atoms with E-state index < -0.39 is 5.97 Å². The zero-order valence-corrected chi connectivity index (χ0v) is 10.9. The average molecular weight is 262 g/mol. The van der Waals surface area contributed by atoms with Crippen LogP contribution >= 0.6 is 0 Å². The third-order valence-corrected chi connectivity index (χ3v) is 4.04. The first-order valence-corrected chi connectivity index (χ1v) is 6.32. The van der Waals surface area contributed by atoms with Crippen molar-refractivity contribution in [1.82, 2.24) is 4.90 Å². The molecule has 1 aromatic carbocycles.